The van der Waals surface area contributed by atoms with Crippen molar-refractivity contribution >= 4 is 43.5 Å². The number of carbonyl (C=O) groups excluding carboxylic acids is 2. The van der Waals surface area contributed by atoms with Crippen molar-refractivity contribution in [1.29, 1.82) is 0 Å². The van der Waals surface area contributed by atoms with Crippen LogP contribution in [-0.2, 0) is 26.1 Å². The third kappa shape index (κ3) is 3.97. The average molecular weight is 410 g/mol. The van der Waals surface area contributed by atoms with Crippen molar-refractivity contribution in [2.45, 2.75) is 18.4 Å². The third-order valence-electron chi connectivity index (χ3n) is 3.53. The molecule has 0 aliphatic heterocycles. The van der Waals surface area contributed by atoms with Gasteiger partial charge in [-0.05, 0) is 25.1 Å². The number of primary sulfonamides is 1. The summed E-state index contributed by atoms with van der Waals surface area (Å²) < 4.78 is 34.6. The van der Waals surface area contributed by atoms with Gasteiger partial charge in [0.05, 0.1) is 27.9 Å². The zero-order valence-corrected chi connectivity index (χ0v) is 15.8. The number of nitrogens with zero attached hydrogens (tertiary/aromatic N) is 3. The molecule has 0 unspecified atom stereocenters. The smallest absolute Gasteiger partial charge is 0.325 e. The number of benzene rings is 1. The number of aromatic nitrogens is 2. The molecule has 1 aromatic carbocycles. The zero-order chi connectivity index (χ0) is 19.8. The molecule has 0 radical (unpaired) electrons. The van der Waals surface area contributed by atoms with Gasteiger partial charge < -0.3 is 13.8 Å². The van der Waals surface area contributed by atoms with E-state index in [1.165, 1.54) is 35.9 Å². The number of ether oxygens (including phenoxy) is 1. The van der Waals surface area contributed by atoms with Gasteiger partial charge in [0.1, 0.15) is 6.54 Å². The second-order valence-electron chi connectivity index (χ2n) is 5.47. The maximum Gasteiger partial charge on any atom is 0.325 e. The first-order valence-electron chi connectivity index (χ1n) is 7.44. The fourth-order valence-corrected chi connectivity index (χ4v) is 3.95. The van der Waals surface area contributed by atoms with Gasteiger partial charge >= 0.3 is 11.9 Å². The summed E-state index contributed by atoms with van der Waals surface area (Å²) in [7, 11) is -2.67. The molecule has 10 nitrogen and oxygen atoms in total. The van der Waals surface area contributed by atoms with Crippen LogP contribution < -0.4 is 9.94 Å². The summed E-state index contributed by atoms with van der Waals surface area (Å²) in [5.74, 6) is -1.30. The van der Waals surface area contributed by atoms with Gasteiger partial charge in [0, 0.05) is 6.07 Å². The Balaban J connectivity index is 2.19. The molecule has 142 valence electrons. The lowest BCUT2D eigenvalue weighted by atomic mass is 10.3. The van der Waals surface area contributed by atoms with Crippen molar-refractivity contribution < 1.29 is 27.3 Å². The van der Waals surface area contributed by atoms with Crippen LogP contribution >= 0.6 is 11.3 Å². The highest BCUT2D eigenvalue weighted by Gasteiger charge is 2.16. The van der Waals surface area contributed by atoms with Crippen LogP contribution in [0.15, 0.2) is 38.7 Å². The molecule has 12 heteroatoms. The largest absolute Gasteiger partial charge is 0.468 e. The van der Waals surface area contributed by atoms with Crippen LogP contribution in [-0.4, -0.2) is 37.1 Å². The molecular weight excluding hydrogens is 396 g/mol. The van der Waals surface area contributed by atoms with Crippen molar-refractivity contribution in [2.24, 2.45) is 10.1 Å². The molecule has 2 N–H and O–H groups in total. The minimum absolute atomic E-state index is 0.0557. The Morgan fingerprint density at radius 3 is 2.70 bits per heavy atom. The molecular formula is C15H14N4O6S2. The van der Waals surface area contributed by atoms with E-state index in [0.717, 1.165) is 11.3 Å². The van der Waals surface area contributed by atoms with E-state index in [2.05, 4.69) is 14.9 Å². The molecule has 2 heterocycles. The predicted molar refractivity (Wildman–Crippen MR) is 94.3 cm³/mol. The summed E-state index contributed by atoms with van der Waals surface area (Å²) in [6.07, 6.45) is 0. The summed E-state index contributed by atoms with van der Waals surface area (Å²) in [5.41, 5.74) is 1.02. The highest BCUT2D eigenvalue weighted by atomic mass is 32.2. The van der Waals surface area contributed by atoms with Crippen LogP contribution in [0.25, 0.3) is 10.2 Å². The number of hydrogen-bond donors (Lipinski definition) is 1. The number of rotatable bonds is 4. The normalized spacial score (nSPS) is 12.5. The Morgan fingerprint density at radius 1 is 1.37 bits per heavy atom. The van der Waals surface area contributed by atoms with E-state index >= 15 is 0 Å². The highest BCUT2D eigenvalue weighted by molar-refractivity contribution is 7.89. The molecule has 0 aliphatic carbocycles. The Morgan fingerprint density at radius 2 is 2.11 bits per heavy atom. The van der Waals surface area contributed by atoms with Crippen molar-refractivity contribution in [1.82, 2.24) is 9.72 Å². The van der Waals surface area contributed by atoms with Gasteiger partial charge in [-0.15, -0.1) is 0 Å². The lowest BCUT2D eigenvalue weighted by molar-refractivity contribution is -0.141. The van der Waals surface area contributed by atoms with Crippen LogP contribution in [0.1, 0.15) is 16.2 Å². The lowest BCUT2D eigenvalue weighted by Crippen LogP contribution is -2.22. The van der Waals surface area contributed by atoms with Crippen molar-refractivity contribution in [3.63, 3.8) is 0 Å². The van der Waals surface area contributed by atoms with E-state index in [1.54, 1.807) is 6.92 Å². The molecule has 27 heavy (non-hydrogen) atoms. The van der Waals surface area contributed by atoms with Gasteiger partial charge in [-0.25, -0.2) is 13.6 Å². The second-order valence-corrected chi connectivity index (χ2v) is 8.04. The van der Waals surface area contributed by atoms with E-state index in [0.29, 0.717) is 15.9 Å². The van der Waals surface area contributed by atoms with Gasteiger partial charge in [0.25, 0.3) is 0 Å². The fraction of sp³-hybridized carbons (Fsp3) is 0.200. The van der Waals surface area contributed by atoms with Crippen molar-refractivity contribution in [3.8, 4) is 0 Å². The molecule has 0 atom stereocenters. The van der Waals surface area contributed by atoms with Crippen LogP contribution in [0, 0.1) is 6.92 Å². The summed E-state index contributed by atoms with van der Waals surface area (Å²) in [6.45, 7) is 1.44. The predicted octanol–water partition coefficient (Wildman–Crippen LogP) is 0.561. The fourth-order valence-electron chi connectivity index (χ4n) is 2.27. The highest BCUT2D eigenvalue weighted by Crippen LogP contribution is 2.21. The Bertz CT molecular complexity index is 1220. The van der Waals surface area contributed by atoms with Crippen molar-refractivity contribution in [2.75, 3.05) is 7.11 Å². The van der Waals surface area contributed by atoms with E-state index in [-0.39, 0.29) is 22.0 Å². The molecule has 0 fully saturated rings. The molecule has 2 aromatic heterocycles. The topological polar surface area (TPSA) is 147 Å². The number of fused-ring (bicyclic) bond motifs is 1. The maximum absolute atomic E-state index is 12.3. The number of methoxy groups -OCH3 is 1. The number of aryl methyl sites for hydroxylation is 1. The van der Waals surface area contributed by atoms with E-state index in [4.69, 9.17) is 9.66 Å². The van der Waals surface area contributed by atoms with E-state index < -0.39 is 21.9 Å². The first-order chi connectivity index (χ1) is 12.7. The number of amides is 1. The lowest BCUT2D eigenvalue weighted by Gasteiger charge is -2.04. The third-order valence-corrected chi connectivity index (χ3v) is 5.49. The van der Waals surface area contributed by atoms with E-state index in [1.807, 2.05) is 0 Å². The number of esters is 1. The maximum atomic E-state index is 12.3. The Hall–Kier alpha value is -2.83. The quantitative estimate of drug-likeness (QED) is 0.618. The monoisotopic (exact) mass is 410 g/mol. The van der Waals surface area contributed by atoms with Crippen LogP contribution in [0.4, 0.5) is 0 Å². The summed E-state index contributed by atoms with van der Waals surface area (Å²) in [6, 6.07) is 5.58. The summed E-state index contributed by atoms with van der Waals surface area (Å²) in [5, 5.41) is 8.78. The minimum atomic E-state index is -3.90. The molecule has 0 spiro atoms. The number of hydrogen-bond acceptors (Lipinski definition) is 8. The first kappa shape index (κ1) is 18.9. The van der Waals surface area contributed by atoms with Gasteiger partial charge in [-0.2, -0.15) is 4.99 Å². The summed E-state index contributed by atoms with van der Waals surface area (Å²) in [4.78, 5) is 28.1. The van der Waals surface area contributed by atoms with Crippen LogP contribution in [0.3, 0.4) is 0 Å². The molecule has 0 aliphatic rings. The molecule has 0 bridgehead atoms. The van der Waals surface area contributed by atoms with Crippen molar-refractivity contribution in [3.05, 3.63) is 40.5 Å². The summed E-state index contributed by atoms with van der Waals surface area (Å²) >= 11 is 1.02. The number of nitrogens with two attached hydrogens (primary N) is 1. The van der Waals surface area contributed by atoms with Gasteiger partial charge in [0.15, 0.2) is 4.80 Å². The van der Waals surface area contributed by atoms with Crippen LogP contribution in [0.5, 0.6) is 0 Å². The van der Waals surface area contributed by atoms with Gasteiger partial charge in [-0.3, -0.25) is 9.59 Å². The Kier molecular flexibility index (Phi) is 4.95. The minimum Gasteiger partial charge on any atom is -0.468 e. The standard InChI is InChI=1S/C15H14N4O6S2/c1-8-5-11(25-18-8)14(21)17-15-19(7-13(20)24-2)10-4-3-9(27(16,22)23)6-12(10)26-15/h3-6H,7H2,1-2H3,(H2,16,22,23). The number of sulfonamides is 1. The van der Waals surface area contributed by atoms with Crippen LogP contribution in [0.2, 0.25) is 0 Å². The average Bonchev–Trinajstić information content (AvgIpc) is 3.17. The SMILES string of the molecule is COC(=O)Cn1c(=NC(=O)c2cc(C)no2)sc2cc(S(N)(=O)=O)ccc21. The van der Waals surface area contributed by atoms with E-state index in [9.17, 15) is 18.0 Å². The number of thiazole rings is 1. The van der Waals surface area contributed by atoms with Gasteiger partial charge in [0.2, 0.25) is 15.8 Å². The Labute approximate surface area is 156 Å². The molecule has 3 rings (SSSR count). The molecule has 1 amide bonds. The number of carbonyl (C=O) groups is 2. The van der Waals surface area contributed by atoms with Gasteiger partial charge in [-0.1, -0.05) is 16.5 Å². The molecule has 0 saturated heterocycles. The molecule has 0 saturated carbocycles. The zero-order valence-electron chi connectivity index (χ0n) is 14.2. The first-order valence-corrected chi connectivity index (χ1v) is 9.80. The molecule has 3 aromatic rings. The second kappa shape index (κ2) is 7.06.